The van der Waals surface area contributed by atoms with Gasteiger partial charge in [-0.3, -0.25) is 10.1 Å². The lowest BCUT2D eigenvalue weighted by Crippen LogP contribution is -2.27. The molecule has 0 heterocycles. The second-order valence-electron chi connectivity index (χ2n) is 3.19. The maximum atomic E-state index is 10.4. The van der Waals surface area contributed by atoms with Crippen molar-refractivity contribution in [2.75, 3.05) is 18.4 Å². The lowest BCUT2D eigenvalue weighted by Gasteiger charge is -2.11. The van der Waals surface area contributed by atoms with Crippen molar-refractivity contribution in [1.29, 1.82) is 0 Å². The van der Waals surface area contributed by atoms with Crippen molar-refractivity contribution in [3.05, 3.63) is 33.3 Å². The Hall–Kier alpha value is -1.37. The molecule has 0 aromatic heterocycles. The number of halogens is 1. The first-order valence-electron chi connectivity index (χ1n) is 4.60. The number of nitrogens with zero attached hydrogens (tertiary/aromatic N) is 1. The smallest absolute Gasteiger partial charge is 0.271 e. The summed E-state index contributed by atoms with van der Waals surface area (Å²) in [6.07, 6.45) is -0.675. The molecular formula is C9H12ClN3O3. The quantitative estimate of drug-likeness (QED) is 0.530. The third-order valence-electron chi connectivity index (χ3n) is 1.96. The van der Waals surface area contributed by atoms with Crippen LogP contribution in [0, 0.1) is 10.1 Å². The van der Waals surface area contributed by atoms with Crippen LogP contribution < -0.4 is 11.1 Å². The molecule has 1 aromatic rings. The van der Waals surface area contributed by atoms with Gasteiger partial charge in [-0.2, -0.15) is 0 Å². The largest absolute Gasteiger partial charge is 0.390 e. The highest BCUT2D eigenvalue weighted by atomic mass is 35.5. The van der Waals surface area contributed by atoms with Crippen molar-refractivity contribution < 1.29 is 10.0 Å². The molecule has 0 aliphatic rings. The summed E-state index contributed by atoms with van der Waals surface area (Å²) in [5, 5.41) is 22.7. The lowest BCUT2D eigenvalue weighted by molar-refractivity contribution is -0.384. The number of anilines is 1. The summed E-state index contributed by atoms with van der Waals surface area (Å²) in [7, 11) is 0. The highest BCUT2D eigenvalue weighted by Gasteiger charge is 2.09. The van der Waals surface area contributed by atoms with E-state index in [0.717, 1.165) is 0 Å². The molecule has 0 bridgehead atoms. The van der Waals surface area contributed by atoms with E-state index in [-0.39, 0.29) is 23.8 Å². The minimum atomic E-state index is -0.675. The van der Waals surface area contributed by atoms with Gasteiger partial charge in [-0.05, 0) is 6.07 Å². The summed E-state index contributed by atoms with van der Waals surface area (Å²) >= 11 is 5.82. The third-order valence-corrected chi connectivity index (χ3v) is 2.28. The fourth-order valence-electron chi connectivity index (χ4n) is 1.07. The van der Waals surface area contributed by atoms with Crippen molar-refractivity contribution in [1.82, 2.24) is 0 Å². The minimum Gasteiger partial charge on any atom is -0.390 e. The van der Waals surface area contributed by atoms with Crippen LogP contribution in [-0.4, -0.2) is 29.2 Å². The number of hydrogen-bond donors (Lipinski definition) is 3. The predicted molar refractivity (Wildman–Crippen MR) is 61.7 cm³/mol. The molecule has 1 aromatic carbocycles. The molecule has 0 saturated heterocycles. The van der Waals surface area contributed by atoms with Crippen molar-refractivity contribution >= 4 is 23.0 Å². The lowest BCUT2D eigenvalue weighted by atomic mass is 10.2. The number of aliphatic hydroxyl groups is 1. The van der Waals surface area contributed by atoms with Crippen LogP contribution >= 0.6 is 11.6 Å². The van der Waals surface area contributed by atoms with Gasteiger partial charge in [-0.1, -0.05) is 11.6 Å². The zero-order chi connectivity index (χ0) is 12.1. The molecule has 1 rings (SSSR count). The van der Waals surface area contributed by atoms with E-state index < -0.39 is 11.0 Å². The monoisotopic (exact) mass is 245 g/mol. The molecule has 7 heteroatoms. The number of aliphatic hydroxyl groups excluding tert-OH is 1. The van der Waals surface area contributed by atoms with Crippen LogP contribution in [0.2, 0.25) is 5.02 Å². The standard InChI is InChI=1S/C9H12ClN3O3/c10-8-3-6(13(15)16)1-2-9(8)12-5-7(14)4-11/h1-3,7,12,14H,4-5,11H2. The first kappa shape index (κ1) is 12.7. The zero-order valence-electron chi connectivity index (χ0n) is 8.39. The molecule has 0 fully saturated rings. The van der Waals surface area contributed by atoms with E-state index in [9.17, 15) is 15.2 Å². The molecular weight excluding hydrogens is 234 g/mol. The van der Waals surface area contributed by atoms with Gasteiger partial charge in [0.2, 0.25) is 0 Å². The van der Waals surface area contributed by atoms with Gasteiger partial charge in [-0.15, -0.1) is 0 Å². The topological polar surface area (TPSA) is 101 Å². The SMILES string of the molecule is NCC(O)CNc1ccc([N+](=O)[O-])cc1Cl. The Bertz CT molecular complexity index is 386. The Morgan fingerprint density at radius 1 is 1.62 bits per heavy atom. The van der Waals surface area contributed by atoms with Crippen molar-refractivity contribution in [2.45, 2.75) is 6.10 Å². The number of rotatable bonds is 5. The molecule has 0 spiro atoms. The molecule has 4 N–H and O–H groups in total. The van der Waals surface area contributed by atoms with E-state index in [1.165, 1.54) is 18.2 Å². The van der Waals surface area contributed by atoms with Crippen LogP contribution in [0.3, 0.4) is 0 Å². The molecule has 88 valence electrons. The molecule has 0 radical (unpaired) electrons. The zero-order valence-corrected chi connectivity index (χ0v) is 9.15. The maximum absolute atomic E-state index is 10.4. The fourth-order valence-corrected chi connectivity index (χ4v) is 1.31. The summed E-state index contributed by atoms with van der Waals surface area (Å²) in [5.74, 6) is 0. The van der Waals surface area contributed by atoms with Gasteiger partial charge >= 0.3 is 0 Å². The molecule has 0 aliphatic heterocycles. The normalized spacial score (nSPS) is 12.2. The number of nitrogens with two attached hydrogens (primary N) is 1. The molecule has 0 amide bonds. The van der Waals surface area contributed by atoms with E-state index >= 15 is 0 Å². The van der Waals surface area contributed by atoms with Crippen LogP contribution in [0.1, 0.15) is 0 Å². The van der Waals surface area contributed by atoms with Crippen molar-refractivity contribution in [3.63, 3.8) is 0 Å². The van der Waals surface area contributed by atoms with Crippen LogP contribution in [0.4, 0.5) is 11.4 Å². The molecule has 6 nitrogen and oxygen atoms in total. The summed E-state index contributed by atoms with van der Waals surface area (Å²) in [6, 6.07) is 4.07. The average molecular weight is 246 g/mol. The van der Waals surface area contributed by atoms with Gasteiger partial charge < -0.3 is 16.2 Å². The van der Waals surface area contributed by atoms with E-state index in [1.807, 2.05) is 0 Å². The Morgan fingerprint density at radius 2 is 2.31 bits per heavy atom. The molecule has 0 aliphatic carbocycles. The summed E-state index contributed by atoms with van der Waals surface area (Å²) in [5.41, 5.74) is 5.68. The van der Waals surface area contributed by atoms with Gasteiger partial charge in [0.15, 0.2) is 0 Å². The van der Waals surface area contributed by atoms with Crippen molar-refractivity contribution in [3.8, 4) is 0 Å². The highest BCUT2D eigenvalue weighted by Crippen LogP contribution is 2.26. The van der Waals surface area contributed by atoms with Gasteiger partial charge in [0.25, 0.3) is 5.69 Å². The molecule has 0 saturated carbocycles. The number of hydrogen-bond acceptors (Lipinski definition) is 5. The summed E-state index contributed by atoms with van der Waals surface area (Å²) in [6.45, 7) is 0.381. The van der Waals surface area contributed by atoms with Gasteiger partial charge in [0, 0.05) is 25.2 Å². The Labute approximate surface area is 97.2 Å². The molecule has 1 atom stereocenters. The van der Waals surface area contributed by atoms with E-state index in [4.69, 9.17) is 17.3 Å². The van der Waals surface area contributed by atoms with Crippen LogP contribution in [-0.2, 0) is 0 Å². The number of nitrogens with one attached hydrogen (secondary N) is 1. The van der Waals surface area contributed by atoms with Crippen LogP contribution in [0.5, 0.6) is 0 Å². The fraction of sp³-hybridized carbons (Fsp3) is 0.333. The van der Waals surface area contributed by atoms with E-state index in [0.29, 0.717) is 5.69 Å². The molecule has 1 unspecified atom stereocenters. The summed E-state index contributed by atoms with van der Waals surface area (Å²) < 4.78 is 0. The third kappa shape index (κ3) is 3.34. The van der Waals surface area contributed by atoms with Crippen LogP contribution in [0.15, 0.2) is 18.2 Å². The molecule has 16 heavy (non-hydrogen) atoms. The average Bonchev–Trinajstić information content (AvgIpc) is 2.26. The summed E-state index contributed by atoms with van der Waals surface area (Å²) in [4.78, 5) is 9.92. The number of benzene rings is 1. The first-order valence-corrected chi connectivity index (χ1v) is 4.98. The Kier molecular flexibility index (Phi) is 4.48. The second-order valence-corrected chi connectivity index (χ2v) is 3.60. The second kappa shape index (κ2) is 5.64. The van der Waals surface area contributed by atoms with E-state index in [2.05, 4.69) is 5.32 Å². The van der Waals surface area contributed by atoms with Gasteiger partial charge in [0.05, 0.1) is 21.7 Å². The van der Waals surface area contributed by atoms with Crippen molar-refractivity contribution in [2.24, 2.45) is 5.73 Å². The maximum Gasteiger partial charge on any atom is 0.271 e. The van der Waals surface area contributed by atoms with Crippen LogP contribution in [0.25, 0.3) is 0 Å². The number of nitro benzene ring substituents is 1. The minimum absolute atomic E-state index is 0.0741. The Balaban J connectivity index is 2.72. The Morgan fingerprint density at radius 3 is 2.81 bits per heavy atom. The highest BCUT2D eigenvalue weighted by molar-refractivity contribution is 6.33. The van der Waals surface area contributed by atoms with Gasteiger partial charge in [-0.25, -0.2) is 0 Å². The predicted octanol–water partition coefficient (Wildman–Crippen LogP) is 0.980. The number of non-ortho nitro benzene ring substituents is 1. The van der Waals surface area contributed by atoms with E-state index in [1.54, 1.807) is 0 Å². The van der Waals surface area contributed by atoms with Gasteiger partial charge in [0.1, 0.15) is 0 Å². The number of nitro groups is 1. The first-order chi connectivity index (χ1) is 7.54.